The number of aryl methyl sites for hydroxylation is 1. The van der Waals surface area contributed by atoms with Gasteiger partial charge in [-0.25, -0.2) is 4.99 Å². The average Bonchev–Trinajstić information content (AvgIpc) is 3.17. The third-order valence-corrected chi connectivity index (χ3v) is 7.20. The Labute approximate surface area is 234 Å². The maximum absolute atomic E-state index is 13.6. The molecule has 0 saturated carbocycles. The molecule has 2 amide bonds. The fourth-order valence-electron chi connectivity index (χ4n) is 3.77. The maximum atomic E-state index is 13.6. The smallest absolute Gasteiger partial charge is 0.266 e. The van der Waals surface area contributed by atoms with Crippen molar-refractivity contribution in [3.05, 3.63) is 92.8 Å². The predicted octanol–water partition coefficient (Wildman–Crippen LogP) is 5.87. The summed E-state index contributed by atoms with van der Waals surface area (Å²) >= 11 is 4.83. The van der Waals surface area contributed by atoms with Crippen LogP contribution in [-0.2, 0) is 16.0 Å². The molecule has 9 heteroatoms. The van der Waals surface area contributed by atoms with Gasteiger partial charge in [0.15, 0.2) is 23.3 Å². The fraction of sp³-hybridized carbons (Fsp3) is 0.207. The van der Waals surface area contributed by atoms with Gasteiger partial charge in [-0.05, 0) is 89.4 Å². The molecule has 0 unspecified atom stereocenters. The van der Waals surface area contributed by atoms with Crippen molar-refractivity contribution < 1.29 is 19.1 Å². The number of nitrogens with two attached hydrogens (primary N) is 1. The Morgan fingerprint density at radius 2 is 1.84 bits per heavy atom. The molecule has 3 aromatic carbocycles. The molecule has 3 aromatic rings. The summed E-state index contributed by atoms with van der Waals surface area (Å²) in [6.07, 6.45) is 2.52. The van der Waals surface area contributed by atoms with E-state index in [0.717, 1.165) is 22.4 Å². The van der Waals surface area contributed by atoms with Gasteiger partial charge >= 0.3 is 0 Å². The fourth-order valence-corrected chi connectivity index (χ4v) is 5.37. The molecule has 0 bridgehead atoms. The number of amidine groups is 1. The van der Waals surface area contributed by atoms with Crippen LogP contribution in [0, 0.1) is 6.92 Å². The van der Waals surface area contributed by atoms with E-state index >= 15 is 0 Å². The molecule has 7 nitrogen and oxygen atoms in total. The monoisotopic (exact) mass is 593 g/mol. The topological polar surface area (TPSA) is 94.2 Å². The van der Waals surface area contributed by atoms with Crippen LogP contribution in [0.3, 0.4) is 0 Å². The molecular formula is C29H28BrN3O4S. The minimum Gasteiger partial charge on any atom is -0.490 e. The van der Waals surface area contributed by atoms with E-state index in [2.05, 4.69) is 28.1 Å². The highest BCUT2D eigenvalue weighted by Crippen LogP contribution is 2.40. The van der Waals surface area contributed by atoms with E-state index in [-0.39, 0.29) is 12.5 Å². The van der Waals surface area contributed by atoms with Crippen molar-refractivity contribution in [3.8, 4) is 11.5 Å². The van der Waals surface area contributed by atoms with Crippen LogP contribution in [0.4, 0.5) is 5.69 Å². The van der Waals surface area contributed by atoms with Crippen molar-refractivity contribution in [1.29, 1.82) is 0 Å². The van der Waals surface area contributed by atoms with Crippen molar-refractivity contribution >= 4 is 56.4 Å². The van der Waals surface area contributed by atoms with Gasteiger partial charge in [0, 0.05) is 6.54 Å². The van der Waals surface area contributed by atoms with Crippen LogP contribution in [0.25, 0.3) is 6.08 Å². The molecule has 0 spiro atoms. The third kappa shape index (κ3) is 7.05. The van der Waals surface area contributed by atoms with E-state index in [0.29, 0.717) is 45.6 Å². The zero-order chi connectivity index (χ0) is 27.1. The van der Waals surface area contributed by atoms with Gasteiger partial charge in [-0.3, -0.25) is 14.5 Å². The standard InChI is InChI=1S/C29H28BrN3O4S/c1-3-36-24-16-21(15-23(30)27(24)37-18-26(31)34)17-25-28(35)33(14-13-20-7-5-4-6-8-20)29(38-25)32-22-11-9-19(2)10-12-22/h4-12,15-17H,3,13-14,18H2,1-2H3,(H2,31,34)/b25-17+,32-29?. The highest BCUT2D eigenvalue weighted by Gasteiger charge is 2.33. The van der Waals surface area contributed by atoms with Gasteiger partial charge in [-0.1, -0.05) is 48.0 Å². The minimum absolute atomic E-state index is 0.111. The lowest BCUT2D eigenvalue weighted by molar-refractivity contribution is -0.122. The van der Waals surface area contributed by atoms with Crippen LogP contribution in [0.5, 0.6) is 11.5 Å². The first-order valence-corrected chi connectivity index (χ1v) is 13.7. The largest absolute Gasteiger partial charge is 0.490 e. The summed E-state index contributed by atoms with van der Waals surface area (Å²) in [5, 5.41) is 0.631. The van der Waals surface area contributed by atoms with Gasteiger partial charge in [0.05, 0.1) is 21.7 Å². The Bertz CT molecular complexity index is 1370. The number of benzene rings is 3. The van der Waals surface area contributed by atoms with Crippen molar-refractivity contribution in [2.24, 2.45) is 10.7 Å². The minimum atomic E-state index is -0.588. The normalized spacial score (nSPS) is 15.3. The Morgan fingerprint density at radius 3 is 2.53 bits per heavy atom. The van der Waals surface area contributed by atoms with E-state index in [1.54, 1.807) is 11.0 Å². The summed E-state index contributed by atoms with van der Waals surface area (Å²) in [7, 11) is 0. The molecule has 1 aliphatic rings. The number of ether oxygens (including phenoxy) is 2. The van der Waals surface area contributed by atoms with Crippen molar-refractivity contribution in [1.82, 2.24) is 4.90 Å². The first kappa shape index (κ1) is 27.5. The molecule has 2 N–H and O–H groups in total. The predicted molar refractivity (Wildman–Crippen MR) is 156 cm³/mol. The van der Waals surface area contributed by atoms with Crippen LogP contribution in [0.2, 0.25) is 0 Å². The summed E-state index contributed by atoms with van der Waals surface area (Å²) < 4.78 is 11.9. The number of thioether (sulfide) groups is 1. The highest BCUT2D eigenvalue weighted by molar-refractivity contribution is 9.10. The number of carbonyl (C=O) groups excluding carboxylic acids is 2. The van der Waals surface area contributed by atoms with Crippen molar-refractivity contribution in [3.63, 3.8) is 0 Å². The van der Waals surface area contributed by atoms with E-state index in [1.165, 1.54) is 11.8 Å². The molecule has 0 aliphatic carbocycles. The molecule has 0 radical (unpaired) electrons. The van der Waals surface area contributed by atoms with E-state index in [1.807, 2.05) is 68.5 Å². The molecule has 1 saturated heterocycles. The highest BCUT2D eigenvalue weighted by atomic mass is 79.9. The number of hydrogen-bond acceptors (Lipinski definition) is 6. The van der Waals surface area contributed by atoms with Crippen LogP contribution < -0.4 is 15.2 Å². The zero-order valence-electron chi connectivity index (χ0n) is 21.1. The zero-order valence-corrected chi connectivity index (χ0v) is 23.6. The first-order valence-electron chi connectivity index (χ1n) is 12.1. The SMILES string of the molecule is CCOc1cc(/C=C2/SC(=Nc3ccc(C)cc3)N(CCc3ccccc3)C2=O)cc(Br)c1OCC(N)=O. The Morgan fingerprint density at radius 1 is 1.11 bits per heavy atom. The molecule has 38 heavy (non-hydrogen) atoms. The van der Waals surface area contributed by atoms with Gasteiger partial charge in [0.25, 0.3) is 11.8 Å². The maximum Gasteiger partial charge on any atom is 0.266 e. The number of amides is 2. The molecule has 0 aromatic heterocycles. The lowest BCUT2D eigenvalue weighted by Crippen LogP contribution is -2.31. The number of primary amides is 1. The number of carbonyl (C=O) groups is 2. The quantitative estimate of drug-likeness (QED) is 0.297. The summed E-state index contributed by atoms with van der Waals surface area (Å²) in [6, 6.07) is 21.5. The molecule has 196 valence electrons. The van der Waals surface area contributed by atoms with Crippen molar-refractivity contribution in [2.75, 3.05) is 19.8 Å². The Hall–Kier alpha value is -3.56. The molecule has 1 heterocycles. The third-order valence-electron chi connectivity index (χ3n) is 5.60. The second-order valence-corrected chi connectivity index (χ2v) is 10.4. The Kier molecular flexibility index (Phi) is 9.25. The van der Waals surface area contributed by atoms with Gasteiger partial charge in [-0.15, -0.1) is 0 Å². The van der Waals surface area contributed by atoms with E-state index < -0.39 is 5.91 Å². The van der Waals surface area contributed by atoms with Crippen LogP contribution in [0.15, 0.2) is 81.1 Å². The summed E-state index contributed by atoms with van der Waals surface area (Å²) in [5.74, 6) is 0.124. The number of halogens is 1. The second-order valence-electron chi connectivity index (χ2n) is 8.55. The number of nitrogens with zero attached hydrogens (tertiary/aromatic N) is 2. The number of rotatable bonds is 10. The first-order chi connectivity index (χ1) is 18.3. The van der Waals surface area contributed by atoms with Crippen LogP contribution in [0.1, 0.15) is 23.6 Å². The summed E-state index contributed by atoms with van der Waals surface area (Å²) in [5.41, 5.74) is 9.05. The van der Waals surface area contributed by atoms with Crippen LogP contribution in [-0.4, -0.2) is 41.6 Å². The molecule has 4 rings (SSSR count). The number of hydrogen-bond donors (Lipinski definition) is 1. The Balaban J connectivity index is 1.66. The van der Waals surface area contributed by atoms with Gasteiger partial charge < -0.3 is 15.2 Å². The van der Waals surface area contributed by atoms with Crippen LogP contribution >= 0.6 is 27.7 Å². The molecule has 0 atom stereocenters. The summed E-state index contributed by atoms with van der Waals surface area (Å²) in [6.45, 7) is 4.50. The van der Waals surface area contributed by atoms with Gasteiger partial charge in [-0.2, -0.15) is 0 Å². The number of aliphatic imine (C=N–C) groups is 1. The van der Waals surface area contributed by atoms with E-state index in [4.69, 9.17) is 20.2 Å². The van der Waals surface area contributed by atoms with E-state index in [9.17, 15) is 9.59 Å². The summed E-state index contributed by atoms with van der Waals surface area (Å²) in [4.78, 5) is 31.9. The van der Waals surface area contributed by atoms with Gasteiger partial charge in [0.2, 0.25) is 0 Å². The molecule has 1 fully saturated rings. The molecule has 1 aliphatic heterocycles. The second kappa shape index (κ2) is 12.8. The van der Waals surface area contributed by atoms with Gasteiger partial charge in [0.1, 0.15) is 0 Å². The lowest BCUT2D eigenvalue weighted by Gasteiger charge is -2.15. The van der Waals surface area contributed by atoms with Crippen molar-refractivity contribution in [2.45, 2.75) is 20.3 Å². The molecular weight excluding hydrogens is 566 g/mol. The average molecular weight is 595 g/mol. The lowest BCUT2D eigenvalue weighted by atomic mass is 10.1.